The molecule has 2 rings (SSSR count). The van der Waals surface area contributed by atoms with Gasteiger partial charge in [-0.25, -0.2) is 0 Å². The Kier molecular flexibility index (Phi) is 4.91. The van der Waals surface area contributed by atoms with E-state index in [-0.39, 0.29) is 4.74 Å². The molecule has 0 heterocycles. The number of hydrogen-bond acceptors (Lipinski definition) is 1. The Morgan fingerprint density at radius 3 is 1.50 bits per heavy atom. The maximum absolute atomic E-state index is 6.94. The Hall–Kier alpha value is -0.403. The van der Waals surface area contributed by atoms with Crippen molar-refractivity contribution in [3.63, 3.8) is 0 Å². The predicted octanol–water partition coefficient (Wildman–Crippen LogP) is 4.56. The molecule has 0 saturated carbocycles. The lowest BCUT2D eigenvalue weighted by molar-refractivity contribution is 1.57. The minimum absolute atomic E-state index is 0.0646. The van der Waals surface area contributed by atoms with Crippen molar-refractivity contribution in [2.75, 3.05) is 0 Å². The Bertz CT molecular complexity index is 564. The number of hydrogen-bond donors (Lipinski definition) is 0. The summed E-state index contributed by atoms with van der Waals surface area (Å²) in [5, 5.41) is 2.45. The van der Waals surface area contributed by atoms with E-state index in [9.17, 15) is 0 Å². The van der Waals surface area contributed by atoms with Crippen LogP contribution in [-0.4, -0.2) is 12.8 Å². The zero-order chi connectivity index (χ0) is 14.8. The van der Waals surface area contributed by atoms with Crippen LogP contribution in [0, 0.1) is 0 Å². The quantitative estimate of drug-likeness (QED) is 0.447. The van der Waals surface area contributed by atoms with Gasteiger partial charge in [-0.15, -0.1) is 11.6 Å². The summed E-state index contributed by atoms with van der Waals surface area (Å²) in [7, 11) is -1.55. The van der Waals surface area contributed by atoms with Crippen LogP contribution in [0.2, 0.25) is 19.6 Å². The normalized spacial score (nSPS) is 14.0. The molecule has 0 nitrogen and oxygen atoms in total. The molecule has 0 bridgehead atoms. The van der Waals surface area contributed by atoms with Crippen LogP contribution in [0.15, 0.2) is 60.7 Å². The highest BCUT2D eigenvalue weighted by Crippen LogP contribution is 2.54. The van der Waals surface area contributed by atoms with Crippen molar-refractivity contribution in [2.24, 2.45) is 0 Å². The second kappa shape index (κ2) is 6.15. The van der Waals surface area contributed by atoms with Crippen molar-refractivity contribution in [1.82, 2.24) is 0 Å². The molecule has 0 aliphatic carbocycles. The Labute approximate surface area is 133 Å². The van der Waals surface area contributed by atoms with Gasteiger partial charge in [-0.3, -0.25) is 0 Å². The van der Waals surface area contributed by atoms with Gasteiger partial charge in [0.15, 0.2) is 0 Å². The van der Waals surface area contributed by atoms with Crippen LogP contribution in [0.25, 0.3) is 0 Å². The van der Waals surface area contributed by atoms with E-state index in [1.54, 1.807) is 0 Å². The maximum atomic E-state index is 6.94. The number of rotatable bonds is 4. The molecule has 106 valence electrons. The molecule has 1 atom stereocenters. The Balaban J connectivity index is 2.65. The summed E-state index contributed by atoms with van der Waals surface area (Å²) < 4.78 is 0.0646. The van der Waals surface area contributed by atoms with Gasteiger partial charge in [0, 0.05) is 6.04 Å². The van der Waals surface area contributed by atoms with Crippen LogP contribution in [-0.2, 0) is 11.8 Å². The van der Waals surface area contributed by atoms with Gasteiger partial charge < -0.3 is 0 Å². The van der Waals surface area contributed by atoms with Crippen molar-refractivity contribution in [3.8, 4) is 0 Å². The van der Waals surface area contributed by atoms with E-state index in [2.05, 4.69) is 68.2 Å². The van der Waals surface area contributed by atoms with E-state index in [1.807, 2.05) is 12.1 Å². The van der Waals surface area contributed by atoms with Crippen LogP contribution in [0.5, 0.6) is 0 Å². The molecule has 0 saturated heterocycles. The third kappa shape index (κ3) is 3.09. The molecule has 0 spiro atoms. The van der Waals surface area contributed by atoms with E-state index in [4.69, 9.17) is 23.4 Å². The van der Waals surface area contributed by atoms with Gasteiger partial charge in [0.2, 0.25) is 0 Å². The molecule has 2 aromatic rings. The molecule has 4 heteroatoms. The monoisotopic (exact) mass is 338 g/mol. The van der Waals surface area contributed by atoms with Gasteiger partial charge in [0.05, 0.1) is 12.8 Å². The summed E-state index contributed by atoms with van der Waals surface area (Å²) in [6.45, 7) is 6.91. The van der Waals surface area contributed by atoms with E-state index < -0.39 is 14.1 Å². The zero-order valence-electron chi connectivity index (χ0n) is 12.1. The summed E-state index contributed by atoms with van der Waals surface area (Å²) in [6.07, 6.45) is 0. The topological polar surface area (TPSA) is 0 Å². The summed E-state index contributed by atoms with van der Waals surface area (Å²) >= 11 is 13.2. The van der Waals surface area contributed by atoms with Gasteiger partial charge in [0.25, 0.3) is 0 Å². The van der Waals surface area contributed by atoms with Crippen LogP contribution in [0.4, 0.5) is 0 Å². The first-order valence-electron chi connectivity index (χ1n) is 6.72. The highest BCUT2D eigenvalue weighted by atomic mass is 35.5. The van der Waals surface area contributed by atoms with Crippen LogP contribution >= 0.6 is 17.6 Å². The smallest absolute Gasteiger partial charge is 0.0721 e. The zero-order valence-corrected chi connectivity index (χ0v) is 15.6. The standard InChI is InChI=1S/C16H20ClPSSi/c1-20(2,3)16(17)18(19,14-10-6-4-7-11-14)15-12-8-5-9-13-15/h4-13,16H,1-3H3. The van der Waals surface area contributed by atoms with Crippen LogP contribution < -0.4 is 10.6 Å². The third-order valence-electron chi connectivity index (χ3n) is 3.31. The lowest BCUT2D eigenvalue weighted by Gasteiger charge is -2.35. The lowest BCUT2D eigenvalue weighted by atomic mass is 10.4. The molecule has 0 aromatic heterocycles. The van der Waals surface area contributed by atoms with Gasteiger partial charge in [-0.05, 0) is 10.6 Å². The third-order valence-corrected chi connectivity index (χ3v) is 16.6. The Morgan fingerprint density at radius 1 is 0.850 bits per heavy atom. The molecule has 20 heavy (non-hydrogen) atoms. The van der Waals surface area contributed by atoms with Crippen molar-refractivity contribution < 1.29 is 0 Å². The van der Waals surface area contributed by atoms with E-state index in [0.29, 0.717) is 0 Å². The van der Waals surface area contributed by atoms with Crippen molar-refractivity contribution in [2.45, 2.75) is 24.4 Å². The highest BCUT2D eigenvalue weighted by Gasteiger charge is 2.39. The van der Waals surface area contributed by atoms with Gasteiger partial charge >= 0.3 is 0 Å². The van der Waals surface area contributed by atoms with E-state index >= 15 is 0 Å². The summed E-state index contributed by atoms with van der Waals surface area (Å²) in [5.74, 6) is 0. The molecular formula is C16H20ClPSSi. The summed E-state index contributed by atoms with van der Waals surface area (Å²) in [5.41, 5.74) is 0. The molecule has 0 aliphatic heterocycles. The van der Waals surface area contributed by atoms with Crippen molar-refractivity contribution >= 4 is 48.1 Å². The second-order valence-electron chi connectivity index (χ2n) is 6.03. The number of benzene rings is 2. The minimum atomic E-state index is -1.98. The first-order valence-corrected chi connectivity index (χ1v) is 13.6. The molecule has 0 N–H and O–H groups in total. The largest absolute Gasteiger partial charge is 0.120 e. The SMILES string of the molecule is C[Si](C)(C)C(Cl)P(=S)(c1ccccc1)c1ccccc1. The minimum Gasteiger partial charge on any atom is -0.120 e. The average Bonchev–Trinajstić information content (AvgIpc) is 2.46. The van der Waals surface area contributed by atoms with E-state index in [1.165, 1.54) is 10.6 Å². The predicted molar refractivity (Wildman–Crippen MR) is 99.4 cm³/mol. The molecule has 2 aromatic carbocycles. The highest BCUT2D eigenvalue weighted by molar-refractivity contribution is 8.23. The summed E-state index contributed by atoms with van der Waals surface area (Å²) in [6, 6.07) is 18.9. The first kappa shape index (κ1) is 16.0. The van der Waals surface area contributed by atoms with Crippen LogP contribution in [0.3, 0.4) is 0 Å². The number of halogens is 1. The van der Waals surface area contributed by atoms with Gasteiger partial charge in [-0.1, -0.05) is 92.1 Å². The van der Waals surface area contributed by atoms with Crippen LogP contribution in [0.1, 0.15) is 0 Å². The molecule has 0 fully saturated rings. The lowest BCUT2D eigenvalue weighted by Crippen LogP contribution is -2.39. The van der Waals surface area contributed by atoms with Gasteiger partial charge in [0.1, 0.15) is 0 Å². The average molecular weight is 339 g/mol. The molecule has 1 unspecified atom stereocenters. The molecule has 0 radical (unpaired) electrons. The van der Waals surface area contributed by atoms with Crippen molar-refractivity contribution in [1.29, 1.82) is 0 Å². The fourth-order valence-corrected chi connectivity index (χ4v) is 13.8. The van der Waals surface area contributed by atoms with Crippen molar-refractivity contribution in [3.05, 3.63) is 60.7 Å². The fraction of sp³-hybridized carbons (Fsp3) is 0.250. The Morgan fingerprint density at radius 2 is 1.20 bits per heavy atom. The molecule has 0 aliphatic rings. The van der Waals surface area contributed by atoms with E-state index in [0.717, 1.165) is 0 Å². The summed E-state index contributed by atoms with van der Waals surface area (Å²) in [4.78, 5) is 0. The molecular weight excluding hydrogens is 319 g/mol. The first-order chi connectivity index (χ1) is 9.37. The second-order valence-corrected chi connectivity index (χ2v) is 17.5. The number of alkyl halides is 1. The fourth-order valence-electron chi connectivity index (χ4n) is 2.26. The molecule has 0 amide bonds. The van der Waals surface area contributed by atoms with Gasteiger partial charge in [-0.2, -0.15) is 0 Å². The maximum Gasteiger partial charge on any atom is 0.0721 e.